The third kappa shape index (κ3) is 11.3. The number of carbonyl (C=O) groups excluding carboxylic acids is 2. The number of esters is 2. The number of unbranched alkanes of at least 4 members (excludes halogenated alkanes) is 4. The first kappa shape index (κ1) is 48.8. The molecule has 4 heteroatoms. The summed E-state index contributed by atoms with van der Waals surface area (Å²) in [5, 5.41) is 3.69. The lowest BCUT2D eigenvalue weighted by molar-refractivity contribution is 0.0723. The Bertz CT molecular complexity index is 2860. The lowest BCUT2D eigenvalue weighted by Gasteiger charge is -2.29. The summed E-state index contributed by atoms with van der Waals surface area (Å²) in [6.45, 7) is 4.57. The molecule has 0 amide bonds. The molecule has 2 fully saturated rings. The maximum absolute atomic E-state index is 14.2. The zero-order valence-corrected chi connectivity index (χ0v) is 42.4. The molecule has 0 aromatic heterocycles. The van der Waals surface area contributed by atoms with Crippen LogP contribution in [0.1, 0.15) is 160 Å². The number of benzene rings is 8. The summed E-state index contributed by atoms with van der Waals surface area (Å²) < 4.78 is 12.8. The molecular weight excluding hydrogens is 881 g/mol. The van der Waals surface area contributed by atoms with E-state index in [0.717, 1.165) is 55.6 Å². The molecule has 0 aliphatic heterocycles. The second-order valence-electron chi connectivity index (χ2n) is 20.9. The smallest absolute Gasteiger partial charge is 0.343 e. The van der Waals surface area contributed by atoms with Crippen molar-refractivity contribution in [1.29, 1.82) is 0 Å². The first-order chi connectivity index (χ1) is 35.4. The molecule has 2 aliphatic rings. The van der Waals surface area contributed by atoms with E-state index in [-0.39, 0.29) is 0 Å². The van der Waals surface area contributed by atoms with Crippen molar-refractivity contribution < 1.29 is 19.1 Å². The van der Waals surface area contributed by atoms with Crippen LogP contribution in [0, 0.1) is 11.8 Å². The second kappa shape index (κ2) is 23.2. The van der Waals surface area contributed by atoms with Gasteiger partial charge in [0.25, 0.3) is 0 Å². The first-order valence-corrected chi connectivity index (χ1v) is 27.3. The Kier molecular flexibility index (Phi) is 15.7. The Morgan fingerprint density at radius 3 is 1.10 bits per heavy atom. The number of carbonyl (C=O) groups is 2. The summed E-state index contributed by atoms with van der Waals surface area (Å²) in [5.41, 5.74) is 9.49. The Labute approximate surface area is 427 Å². The average molecular weight is 951 g/mol. The van der Waals surface area contributed by atoms with Crippen LogP contribution in [0.4, 0.5) is 0 Å². The summed E-state index contributed by atoms with van der Waals surface area (Å²) in [6.07, 6.45) is 21.3. The van der Waals surface area contributed by atoms with E-state index in [1.807, 2.05) is 121 Å². The lowest BCUT2D eigenvalue weighted by atomic mass is 9.77. The molecule has 0 radical (unpaired) electrons. The van der Waals surface area contributed by atoms with Gasteiger partial charge in [-0.3, -0.25) is 0 Å². The summed E-state index contributed by atoms with van der Waals surface area (Å²) in [7, 11) is 0. The van der Waals surface area contributed by atoms with Gasteiger partial charge in [-0.15, -0.1) is 0 Å². The van der Waals surface area contributed by atoms with E-state index in [4.69, 9.17) is 9.47 Å². The summed E-state index contributed by atoms with van der Waals surface area (Å²) >= 11 is 0. The largest absolute Gasteiger partial charge is 0.422 e. The summed E-state index contributed by atoms with van der Waals surface area (Å²) in [5.74, 6) is 2.91. The van der Waals surface area contributed by atoms with Crippen molar-refractivity contribution >= 4 is 33.5 Å². The van der Waals surface area contributed by atoms with Crippen molar-refractivity contribution in [3.05, 3.63) is 192 Å². The van der Waals surface area contributed by atoms with Crippen LogP contribution in [-0.2, 0) is 0 Å². The van der Waals surface area contributed by atoms with Gasteiger partial charge in [-0.05, 0) is 166 Å². The summed E-state index contributed by atoms with van der Waals surface area (Å²) in [6, 6.07) is 57.2. The van der Waals surface area contributed by atoms with Gasteiger partial charge in [0.2, 0.25) is 0 Å². The van der Waals surface area contributed by atoms with Gasteiger partial charge in [0, 0.05) is 11.1 Å². The minimum atomic E-state index is -0.465. The van der Waals surface area contributed by atoms with Crippen LogP contribution in [0.3, 0.4) is 0 Å². The summed E-state index contributed by atoms with van der Waals surface area (Å²) in [4.78, 5) is 28.3. The predicted molar refractivity (Wildman–Crippen MR) is 298 cm³/mol. The van der Waals surface area contributed by atoms with Crippen molar-refractivity contribution in [3.63, 3.8) is 0 Å². The fourth-order valence-electron chi connectivity index (χ4n) is 11.9. The highest BCUT2D eigenvalue weighted by Crippen LogP contribution is 2.46. The van der Waals surface area contributed by atoms with E-state index in [1.54, 1.807) is 0 Å². The Morgan fingerprint density at radius 2 is 0.736 bits per heavy atom. The van der Waals surface area contributed by atoms with Crippen LogP contribution in [0.5, 0.6) is 11.5 Å². The highest BCUT2D eigenvalue weighted by Gasteiger charge is 2.26. The number of rotatable bonds is 17. The molecule has 0 heterocycles. The van der Waals surface area contributed by atoms with E-state index in [9.17, 15) is 9.59 Å². The third-order valence-corrected chi connectivity index (χ3v) is 16.2. The van der Waals surface area contributed by atoms with E-state index >= 15 is 0 Å². The first-order valence-electron chi connectivity index (χ1n) is 27.3. The SMILES string of the molecule is CCCCC[C@H]1CC[C@H](c2ccc(-c3ccc(C(=O)Oc4ccc5ccccc5c4-c4c(OC(=O)c5ccc(-c6ccc([C@H]7CC[C@H](CCCCC)CC7)cc6)cc5)ccc5ccccc45)cc3)cc2)CC1. The number of fused-ring (bicyclic) bond motifs is 2. The Morgan fingerprint density at radius 1 is 0.389 bits per heavy atom. The molecule has 366 valence electrons. The second-order valence-corrected chi connectivity index (χ2v) is 20.9. The van der Waals surface area contributed by atoms with Crippen molar-refractivity contribution in [1.82, 2.24) is 0 Å². The quantitative estimate of drug-likeness (QED) is 0.0518. The predicted octanol–water partition coefficient (Wildman–Crippen LogP) is 19.1. The van der Waals surface area contributed by atoms with Crippen LogP contribution in [0.2, 0.25) is 0 Å². The molecule has 2 saturated carbocycles. The van der Waals surface area contributed by atoms with Crippen molar-refractivity contribution in [3.8, 4) is 44.9 Å². The van der Waals surface area contributed by atoms with Crippen LogP contribution >= 0.6 is 0 Å². The molecular formula is C68H70O4. The lowest BCUT2D eigenvalue weighted by Crippen LogP contribution is -2.13. The fraction of sp³-hybridized carbons (Fsp3) is 0.324. The van der Waals surface area contributed by atoms with E-state index in [1.165, 1.54) is 114 Å². The number of hydrogen-bond acceptors (Lipinski definition) is 4. The van der Waals surface area contributed by atoms with Gasteiger partial charge in [-0.2, -0.15) is 0 Å². The van der Waals surface area contributed by atoms with Crippen molar-refractivity contribution in [2.75, 3.05) is 0 Å². The Balaban J connectivity index is 0.854. The maximum Gasteiger partial charge on any atom is 0.343 e. The topological polar surface area (TPSA) is 52.6 Å². The molecule has 8 aromatic rings. The highest BCUT2D eigenvalue weighted by atomic mass is 16.5. The molecule has 0 N–H and O–H groups in total. The van der Waals surface area contributed by atoms with Gasteiger partial charge in [0.05, 0.1) is 11.1 Å². The van der Waals surface area contributed by atoms with E-state index in [2.05, 4.69) is 62.4 Å². The molecule has 10 rings (SSSR count). The maximum atomic E-state index is 14.2. The third-order valence-electron chi connectivity index (χ3n) is 16.2. The van der Waals surface area contributed by atoms with Crippen molar-refractivity contribution in [2.45, 2.75) is 128 Å². The molecule has 0 atom stereocenters. The zero-order chi connectivity index (χ0) is 49.2. The fourth-order valence-corrected chi connectivity index (χ4v) is 11.9. The molecule has 8 aromatic carbocycles. The zero-order valence-electron chi connectivity index (χ0n) is 42.4. The van der Waals surface area contributed by atoms with Gasteiger partial charge in [0.1, 0.15) is 11.5 Å². The van der Waals surface area contributed by atoms with E-state index < -0.39 is 11.9 Å². The minimum Gasteiger partial charge on any atom is -0.422 e. The minimum absolute atomic E-state index is 0.382. The molecule has 0 bridgehead atoms. The van der Waals surface area contributed by atoms with Crippen molar-refractivity contribution in [2.24, 2.45) is 11.8 Å². The average Bonchev–Trinajstić information content (AvgIpc) is 3.44. The molecule has 72 heavy (non-hydrogen) atoms. The monoisotopic (exact) mass is 951 g/mol. The van der Waals surface area contributed by atoms with E-state index in [0.29, 0.717) is 45.6 Å². The molecule has 0 unspecified atom stereocenters. The van der Waals surface area contributed by atoms with Gasteiger partial charge in [0.15, 0.2) is 0 Å². The van der Waals surface area contributed by atoms with Crippen LogP contribution in [-0.4, -0.2) is 11.9 Å². The van der Waals surface area contributed by atoms with Crippen LogP contribution in [0.15, 0.2) is 170 Å². The normalized spacial score (nSPS) is 18.0. The number of ether oxygens (including phenoxy) is 2. The van der Waals surface area contributed by atoms with Gasteiger partial charge in [-0.25, -0.2) is 9.59 Å². The Hall–Kier alpha value is -6.78. The van der Waals surface area contributed by atoms with Crippen LogP contribution < -0.4 is 9.47 Å². The number of hydrogen-bond donors (Lipinski definition) is 0. The van der Waals surface area contributed by atoms with Gasteiger partial charge in [-0.1, -0.05) is 199 Å². The highest BCUT2D eigenvalue weighted by molar-refractivity contribution is 6.11. The van der Waals surface area contributed by atoms with Gasteiger partial charge >= 0.3 is 11.9 Å². The molecule has 4 nitrogen and oxygen atoms in total. The molecule has 0 spiro atoms. The molecule has 0 saturated heterocycles. The standard InChI is InChI=1S/C68H70O4/c1-3-5-7-13-47-19-23-49(24-20-47)51-27-31-53(32-28-51)55-35-39-59(40-36-55)67(69)71-63-45-43-57-15-9-11-17-61(57)65(63)66-62-18-12-10-16-58(62)44-46-64(66)72-68(70)60-41-37-56(38-42-60)54-33-29-52(30-34-54)50-25-21-48(22-26-50)14-8-6-4-2/h9-12,15-18,27-50H,3-8,13-14,19-26H2,1-2H3/t47-,48-,49-,50-. The van der Waals surface area contributed by atoms with Gasteiger partial charge < -0.3 is 9.47 Å². The van der Waals surface area contributed by atoms with Crippen LogP contribution in [0.25, 0.3) is 54.9 Å². The molecule has 2 aliphatic carbocycles.